The van der Waals surface area contributed by atoms with E-state index < -0.39 is 5.82 Å². The largest absolute Gasteiger partial charge is 0.484 e. The molecule has 3 fully saturated rings. The number of carbonyl (C=O) groups is 1. The van der Waals surface area contributed by atoms with Gasteiger partial charge in [0, 0.05) is 5.92 Å². The Bertz CT molecular complexity index is 938. The first-order chi connectivity index (χ1) is 16.3. The zero-order valence-corrected chi connectivity index (χ0v) is 21.6. The second-order valence-corrected chi connectivity index (χ2v) is 11.8. The fourth-order valence-corrected chi connectivity index (χ4v) is 9.00. The van der Waals surface area contributed by atoms with Gasteiger partial charge in [0.1, 0.15) is 24.2 Å². The highest BCUT2D eigenvalue weighted by Gasteiger charge is 2.62. The van der Waals surface area contributed by atoms with Gasteiger partial charge in [-0.15, -0.1) is 0 Å². The van der Waals surface area contributed by atoms with Crippen molar-refractivity contribution in [3.05, 3.63) is 29.6 Å². The van der Waals surface area contributed by atoms with Gasteiger partial charge in [-0.3, -0.25) is 4.79 Å². The Morgan fingerprint density at radius 1 is 1.18 bits per heavy atom. The van der Waals surface area contributed by atoms with Crippen LogP contribution >= 0.6 is 0 Å². The molecule has 0 saturated heterocycles. The molecule has 4 rings (SSSR count). The summed E-state index contributed by atoms with van der Waals surface area (Å²) in [7, 11) is 0. The molecule has 4 heteroatoms. The Morgan fingerprint density at radius 3 is 2.62 bits per heavy atom. The van der Waals surface area contributed by atoms with Crippen molar-refractivity contribution in [2.45, 2.75) is 79.6 Å². The van der Waals surface area contributed by atoms with Crippen LogP contribution in [0.25, 0.3) is 0 Å². The SMILES string of the molecule is CCCC1C(CC)CCC2C1CCC1(C)C(C(=O)COc3ccc(F)cc3C#N)C(C)[C@@H](C)C21. The quantitative estimate of drug-likeness (QED) is 0.419. The Labute approximate surface area is 205 Å². The molecular weight excluding hydrogens is 425 g/mol. The van der Waals surface area contributed by atoms with Crippen molar-refractivity contribution in [2.75, 3.05) is 6.61 Å². The Morgan fingerprint density at radius 2 is 1.94 bits per heavy atom. The van der Waals surface area contributed by atoms with Crippen LogP contribution in [0.2, 0.25) is 0 Å². The van der Waals surface area contributed by atoms with Crippen molar-refractivity contribution in [1.82, 2.24) is 0 Å². The highest BCUT2D eigenvalue weighted by Crippen LogP contribution is 2.66. The minimum atomic E-state index is -0.472. The molecular formula is C30H42FNO2. The van der Waals surface area contributed by atoms with E-state index in [2.05, 4.69) is 34.6 Å². The predicted octanol–water partition coefficient (Wildman–Crippen LogP) is 7.43. The van der Waals surface area contributed by atoms with E-state index in [1.165, 1.54) is 50.7 Å². The third-order valence-electron chi connectivity index (χ3n) is 10.4. The molecule has 1 aromatic rings. The summed E-state index contributed by atoms with van der Waals surface area (Å²) < 4.78 is 19.3. The number of nitrogens with zero attached hydrogens (tertiary/aromatic N) is 1. The van der Waals surface area contributed by atoms with E-state index in [-0.39, 0.29) is 29.3 Å². The summed E-state index contributed by atoms with van der Waals surface area (Å²) in [5, 5.41) is 9.32. The molecule has 9 atom stereocenters. The van der Waals surface area contributed by atoms with Crippen LogP contribution in [0.1, 0.15) is 85.1 Å². The molecule has 0 amide bonds. The van der Waals surface area contributed by atoms with Crippen LogP contribution in [-0.2, 0) is 4.79 Å². The molecule has 0 bridgehead atoms. The molecule has 3 aliphatic carbocycles. The minimum Gasteiger partial charge on any atom is -0.484 e. The zero-order chi connectivity index (χ0) is 24.6. The van der Waals surface area contributed by atoms with Crippen LogP contribution in [0.4, 0.5) is 4.39 Å². The van der Waals surface area contributed by atoms with Crippen molar-refractivity contribution < 1.29 is 13.9 Å². The second kappa shape index (κ2) is 10.00. The maximum atomic E-state index is 13.6. The van der Waals surface area contributed by atoms with E-state index >= 15 is 0 Å². The van der Waals surface area contributed by atoms with Crippen LogP contribution in [0.3, 0.4) is 0 Å². The van der Waals surface area contributed by atoms with Crippen molar-refractivity contribution in [3.63, 3.8) is 0 Å². The maximum Gasteiger partial charge on any atom is 0.174 e. The Balaban J connectivity index is 1.54. The van der Waals surface area contributed by atoms with Gasteiger partial charge in [0.2, 0.25) is 0 Å². The molecule has 8 unspecified atom stereocenters. The van der Waals surface area contributed by atoms with Crippen LogP contribution in [-0.4, -0.2) is 12.4 Å². The number of carbonyl (C=O) groups excluding carboxylic acids is 1. The number of rotatable bonds is 7. The van der Waals surface area contributed by atoms with Crippen molar-refractivity contribution in [2.24, 2.45) is 52.8 Å². The molecule has 0 aliphatic heterocycles. The summed E-state index contributed by atoms with van der Waals surface area (Å²) in [6.45, 7) is 11.7. The van der Waals surface area contributed by atoms with Gasteiger partial charge in [-0.05, 0) is 90.7 Å². The molecule has 0 spiro atoms. The van der Waals surface area contributed by atoms with Crippen LogP contribution in [0.15, 0.2) is 18.2 Å². The van der Waals surface area contributed by atoms with Gasteiger partial charge >= 0.3 is 0 Å². The van der Waals surface area contributed by atoms with E-state index in [1.54, 1.807) is 0 Å². The number of Topliss-reactive ketones (excluding diaryl/α,β-unsaturated/α-hetero) is 1. The van der Waals surface area contributed by atoms with E-state index in [0.29, 0.717) is 23.5 Å². The topological polar surface area (TPSA) is 50.1 Å². The number of benzene rings is 1. The van der Waals surface area contributed by atoms with Gasteiger partial charge in [0.25, 0.3) is 0 Å². The molecule has 34 heavy (non-hydrogen) atoms. The monoisotopic (exact) mass is 467 g/mol. The van der Waals surface area contributed by atoms with Crippen molar-refractivity contribution in [3.8, 4) is 11.8 Å². The van der Waals surface area contributed by atoms with E-state index in [0.717, 1.165) is 36.2 Å². The summed E-state index contributed by atoms with van der Waals surface area (Å²) in [5.74, 6) is 4.64. The third-order valence-corrected chi connectivity index (χ3v) is 10.4. The lowest BCUT2D eigenvalue weighted by molar-refractivity contribution is -0.133. The first kappa shape index (κ1) is 25.2. The van der Waals surface area contributed by atoms with Gasteiger partial charge in [-0.1, -0.05) is 53.9 Å². The summed E-state index contributed by atoms with van der Waals surface area (Å²) in [5.41, 5.74) is 0.150. The molecule has 186 valence electrons. The van der Waals surface area contributed by atoms with E-state index in [1.807, 2.05) is 6.07 Å². The summed E-state index contributed by atoms with van der Waals surface area (Å²) in [6, 6.07) is 5.87. The van der Waals surface area contributed by atoms with Gasteiger partial charge in [0.15, 0.2) is 5.78 Å². The fourth-order valence-electron chi connectivity index (χ4n) is 9.00. The number of hydrogen-bond acceptors (Lipinski definition) is 3. The normalized spacial score (nSPS) is 39.1. The number of halogens is 1. The molecule has 0 heterocycles. The second-order valence-electron chi connectivity index (χ2n) is 11.8. The lowest BCUT2D eigenvalue weighted by atomic mass is 9.49. The number of hydrogen-bond donors (Lipinski definition) is 0. The lowest BCUT2D eigenvalue weighted by Crippen LogP contribution is -2.49. The number of fused-ring (bicyclic) bond motifs is 3. The van der Waals surface area contributed by atoms with Crippen molar-refractivity contribution >= 4 is 5.78 Å². The average molecular weight is 468 g/mol. The molecule has 0 aromatic heterocycles. The summed E-state index contributed by atoms with van der Waals surface area (Å²) in [6.07, 6.45) is 8.96. The molecule has 3 saturated carbocycles. The smallest absolute Gasteiger partial charge is 0.174 e. The minimum absolute atomic E-state index is 0.0110. The standard InChI is InChI=1S/C30H42FNO2/c1-6-8-23-20(7-2)9-11-25-24(23)13-14-30(5)28(25)18(3)19(4)29(30)26(33)17-34-27-12-10-22(31)15-21(27)16-32/h10,12,15,18-20,23-25,28-29H,6-9,11,13-14,17H2,1-5H3/t18-,19?,20?,23?,24?,25?,28?,29?,30?/m1/s1. The van der Waals surface area contributed by atoms with Crippen LogP contribution < -0.4 is 4.74 Å². The number of ketones is 1. The van der Waals surface area contributed by atoms with Crippen molar-refractivity contribution in [1.29, 1.82) is 5.26 Å². The first-order valence-electron chi connectivity index (χ1n) is 13.6. The van der Waals surface area contributed by atoms with Crippen LogP contribution in [0.5, 0.6) is 5.75 Å². The number of nitriles is 1. The Kier molecular flexibility index (Phi) is 7.41. The summed E-state index contributed by atoms with van der Waals surface area (Å²) >= 11 is 0. The van der Waals surface area contributed by atoms with E-state index in [9.17, 15) is 14.4 Å². The first-order valence-corrected chi connectivity index (χ1v) is 13.6. The van der Waals surface area contributed by atoms with Gasteiger partial charge in [-0.25, -0.2) is 4.39 Å². The highest BCUT2D eigenvalue weighted by molar-refractivity contribution is 5.84. The molecule has 1 aromatic carbocycles. The molecule has 3 nitrogen and oxygen atoms in total. The van der Waals surface area contributed by atoms with Gasteiger partial charge in [0.05, 0.1) is 5.56 Å². The fraction of sp³-hybridized carbons (Fsp3) is 0.733. The maximum absolute atomic E-state index is 13.6. The lowest BCUT2D eigenvalue weighted by Gasteiger charge is -2.55. The Hall–Kier alpha value is -1.89. The predicted molar refractivity (Wildman–Crippen MR) is 133 cm³/mol. The van der Waals surface area contributed by atoms with E-state index in [4.69, 9.17) is 4.74 Å². The molecule has 0 radical (unpaired) electrons. The third kappa shape index (κ3) is 4.18. The molecule has 3 aliphatic rings. The number of ether oxygens (including phenoxy) is 1. The average Bonchev–Trinajstić information content (AvgIpc) is 3.03. The van der Waals surface area contributed by atoms with Gasteiger partial charge < -0.3 is 4.74 Å². The zero-order valence-electron chi connectivity index (χ0n) is 21.6. The molecule has 0 N–H and O–H groups in total. The van der Waals surface area contributed by atoms with Gasteiger partial charge in [-0.2, -0.15) is 5.26 Å². The van der Waals surface area contributed by atoms with Crippen LogP contribution in [0, 0.1) is 69.9 Å². The summed E-state index contributed by atoms with van der Waals surface area (Å²) in [4.78, 5) is 13.6. The highest BCUT2D eigenvalue weighted by atomic mass is 19.1.